The molecule has 0 fully saturated rings. The third-order valence-corrected chi connectivity index (χ3v) is 3.19. The van der Waals surface area contributed by atoms with Gasteiger partial charge in [0.2, 0.25) is 5.91 Å². The Morgan fingerprint density at radius 2 is 1.72 bits per heavy atom. The quantitative estimate of drug-likeness (QED) is 0.784. The van der Waals surface area contributed by atoms with Crippen LogP contribution in [-0.2, 0) is 4.79 Å². The number of carbonyl (C=O) groups excluding carboxylic acids is 1. The first-order chi connectivity index (χ1) is 8.58. The number of benzene rings is 1. The summed E-state index contributed by atoms with van der Waals surface area (Å²) in [6.45, 7) is 6.99. The predicted octanol–water partition coefficient (Wildman–Crippen LogP) is 1.96. The fourth-order valence-corrected chi connectivity index (χ4v) is 1.80. The first-order valence-electron chi connectivity index (χ1n) is 6.43. The lowest BCUT2D eigenvalue weighted by Crippen LogP contribution is -2.32. The molecule has 0 aliphatic heterocycles. The topological polar surface area (TPSA) is 49.6 Å². The molecule has 0 saturated carbocycles. The molecule has 0 spiro atoms. The van der Waals surface area contributed by atoms with Crippen molar-refractivity contribution in [3.05, 3.63) is 24.3 Å². The van der Waals surface area contributed by atoms with E-state index in [-0.39, 0.29) is 5.91 Å². The Hall–Kier alpha value is -1.55. The molecule has 0 aliphatic rings. The van der Waals surface area contributed by atoms with Crippen LogP contribution in [0.15, 0.2) is 24.3 Å². The maximum Gasteiger partial charge on any atom is 0.228 e. The van der Waals surface area contributed by atoms with Crippen LogP contribution in [0.1, 0.15) is 20.3 Å². The van der Waals surface area contributed by atoms with E-state index in [9.17, 15) is 4.79 Å². The molecule has 4 nitrogen and oxygen atoms in total. The molecular weight excluding hydrogens is 226 g/mol. The van der Waals surface area contributed by atoms with E-state index < -0.39 is 0 Å². The van der Waals surface area contributed by atoms with Crippen molar-refractivity contribution in [3.63, 3.8) is 0 Å². The predicted molar refractivity (Wildman–Crippen MR) is 76.7 cm³/mol. The molecule has 1 aromatic carbocycles. The molecule has 0 unspecified atom stereocenters. The third-order valence-electron chi connectivity index (χ3n) is 3.19. The number of anilines is 2. The minimum Gasteiger partial charge on any atom is -0.399 e. The lowest BCUT2D eigenvalue weighted by molar-refractivity contribution is -0.118. The van der Waals surface area contributed by atoms with Crippen molar-refractivity contribution in [3.8, 4) is 0 Å². The molecule has 1 rings (SSSR count). The monoisotopic (exact) mass is 249 g/mol. The number of nitrogen functional groups attached to an aromatic ring is 1. The number of hydrogen-bond acceptors (Lipinski definition) is 3. The summed E-state index contributed by atoms with van der Waals surface area (Å²) in [6.07, 6.45) is 0.544. The molecule has 4 heteroatoms. The second kappa shape index (κ2) is 7.01. The highest BCUT2D eigenvalue weighted by Crippen LogP contribution is 2.15. The molecule has 0 saturated heterocycles. The van der Waals surface area contributed by atoms with Crippen LogP contribution < -0.4 is 10.6 Å². The van der Waals surface area contributed by atoms with Gasteiger partial charge in [0.1, 0.15) is 0 Å². The van der Waals surface area contributed by atoms with Crippen molar-refractivity contribution in [2.45, 2.75) is 20.3 Å². The van der Waals surface area contributed by atoms with E-state index in [2.05, 4.69) is 18.7 Å². The smallest absolute Gasteiger partial charge is 0.228 e. The first kappa shape index (κ1) is 14.5. The summed E-state index contributed by atoms with van der Waals surface area (Å²) in [5.74, 6) is 0.131. The number of nitrogens with zero attached hydrogens (tertiary/aromatic N) is 2. The maximum absolute atomic E-state index is 12.0. The maximum atomic E-state index is 12.0. The van der Waals surface area contributed by atoms with Gasteiger partial charge in [-0.25, -0.2) is 0 Å². The summed E-state index contributed by atoms with van der Waals surface area (Å²) in [7, 11) is 1.80. The first-order valence-corrected chi connectivity index (χ1v) is 6.43. The Labute approximate surface area is 109 Å². The van der Waals surface area contributed by atoms with Gasteiger partial charge < -0.3 is 15.5 Å². The van der Waals surface area contributed by atoms with Crippen LogP contribution in [-0.4, -0.2) is 37.5 Å². The third kappa shape index (κ3) is 4.04. The SMILES string of the molecule is CCN(CC)CCC(=O)N(C)c1ccc(N)cc1. The van der Waals surface area contributed by atoms with E-state index in [1.165, 1.54) is 0 Å². The van der Waals surface area contributed by atoms with Crippen molar-refractivity contribution in [2.75, 3.05) is 37.3 Å². The molecule has 0 aliphatic carbocycles. The summed E-state index contributed by atoms with van der Waals surface area (Å²) in [4.78, 5) is 16.0. The van der Waals surface area contributed by atoms with E-state index in [0.29, 0.717) is 12.1 Å². The summed E-state index contributed by atoms with van der Waals surface area (Å²) in [5.41, 5.74) is 7.22. The van der Waals surface area contributed by atoms with E-state index in [1.54, 1.807) is 11.9 Å². The van der Waals surface area contributed by atoms with Crippen LogP contribution in [0, 0.1) is 0 Å². The molecule has 0 heterocycles. The van der Waals surface area contributed by atoms with Gasteiger partial charge in [-0.05, 0) is 37.4 Å². The lowest BCUT2D eigenvalue weighted by atomic mass is 10.2. The largest absolute Gasteiger partial charge is 0.399 e. The summed E-state index contributed by atoms with van der Waals surface area (Å²) in [6, 6.07) is 7.35. The summed E-state index contributed by atoms with van der Waals surface area (Å²) < 4.78 is 0. The van der Waals surface area contributed by atoms with Crippen LogP contribution in [0.2, 0.25) is 0 Å². The Bertz CT molecular complexity index is 371. The Morgan fingerprint density at radius 1 is 1.17 bits per heavy atom. The van der Waals surface area contributed by atoms with Gasteiger partial charge in [-0.1, -0.05) is 13.8 Å². The van der Waals surface area contributed by atoms with Gasteiger partial charge in [0.25, 0.3) is 0 Å². The van der Waals surface area contributed by atoms with Crippen LogP contribution in [0.4, 0.5) is 11.4 Å². The average molecular weight is 249 g/mol. The van der Waals surface area contributed by atoms with Crippen molar-refractivity contribution in [1.82, 2.24) is 4.90 Å². The molecular formula is C14H23N3O. The second-order valence-electron chi connectivity index (χ2n) is 4.32. The van der Waals surface area contributed by atoms with E-state index in [1.807, 2.05) is 24.3 Å². The number of carbonyl (C=O) groups is 1. The molecule has 0 atom stereocenters. The molecule has 100 valence electrons. The molecule has 0 aromatic heterocycles. The molecule has 2 N–H and O–H groups in total. The van der Waals surface area contributed by atoms with Crippen LogP contribution >= 0.6 is 0 Å². The van der Waals surface area contributed by atoms with Crippen molar-refractivity contribution < 1.29 is 4.79 Å². The van der Waals surface area contributed by atoms with Crippen LogP contribution in [0.3, 0.4) is 0 Å². The Morgan fingerprint density at radius 3 is 2.22 bits per heavy atom. The van der Waals surface area contributed by atoms with Gasteiger partial charge in [-0.15, -0.1) is 0 Å². The summed E-state index contributed by atoms with van der Waals surface area (Å²) >= 11 is 0. The highest BCUT2D eigenvalue weighted by atomic mass is 16.2. The van der Waals surface area contributed by atoms with E-state index in [4.69, 9.17) is 5.73 Å². The zero-order valence-electron chi connectivity index (χ0n) is 11.5. The van der Waals surface area contributed by atoms with Gasteiger partial charge >= 0.3 is 0 Å². The number of nitrogens with two attached hydrogens (primary N) is 1. The van der Waals surface area contributed by atoms with Gasteiger partial charge in [-0.2, -0.15) is 0 Å². The Balaban J connectivity index is 2.53. The van der Waals surface area contributed by atoms with Gasteiger partial charge in [0.15, 0.2) is 0 Å². The minimum absolute atomic E-state index is 0.131. The molecule has 0 bridgehead atoms. The minimum atomic E-state index is 0.131. The molecule has 1 amide bonds. The highest BCUT2D eigenvalue weighted by Gasteiger charge is 2.11. The molecule has 18 heavy (non-hydrogen) atoms. The highest BCUT2D eigenvalue weighted by molar-refractivity contribution is 5.93. The van der Waals surface area contributed by atoms with Gasteiger partial charge in [-0.3, -0.25) is 4.79 Å². The van der Waals surface area contributed by atoms with Crippen molar-refractivity contribution in [2.24, 2.45) is 0 Å². The standard InChI is InChI=1S/C14H23N3O/c1-4-17(5-2)11-10-14(18)16(3)13-8-6-12(15)7-9-13/h6-9H,4-5,10-11,15H2,1-3H3. The number of rotatable bonds is 6. The molecule has 0 radical (unpaired) electrons. The fraction of sp³-hybridized carbons (Fsp3) is 0.500. The summed E-state index contributed by atoms with van der Waals surface area (Å²) in [5, 5.41) is 0. The normalized spacial score (nSPS) is 10.7. The van der Waals surface area contributed by atoms with Crippen molar-refractivity contribution in [1.29, 1.82) is 0 Å². The van der Waals surface area contributed by atoms with E-state index >= 15 is 0 Å². The molecule has 1 aromatic rings. The van der Waals surface area contributed by atoms with E-state index in [0.717, 1.165) is 25.3 Å². The number of amides is 1. The van der Waals surface area contributed by atoms with Gasteiger partial charge in [0.05, 0.1) is 0 Å². The van der Waals surface area contributed by atoms with Crippen LogP contribution in [0.5, 0.6) is 0 Å². The zero-order chi connectivity index (χ0) is 13.5. The van der Waals surface area contributed by atoms with Crippen molar-refractivity contribution >= 4 is 17.3 Å². The fourth-order valence-electron chi connectivity index (χ4n) is 1.80. The number of hydrogen-bond donors (Lipinski definition) is 1. The zero-order valence-corrected chi connectivity index (χ0v) is 11.5. The average Bonchev–Trinajstić information content (AvgIpc) is 2.39. The lowest BCUT2D eigenvalue weighted by Gasteiger charge is -2.21. The van der Waals surface area contributed by atoms with Crippen LogP contribution in [0.25, 0.3) is 0 Å². The van der Waals surface area contributed by atoms with Gasteiger partial charge in [0, 0.05) is 31.4 Å². The Kier molecular flexibility index (Phi) is 5.65. The second-order valence-corrected chi connectivity index (χ2v) is 4.32.